The molecule has 0 aliphatic carbocycles. The zero-order valence-electron chi connectivity index (χ0n) is 5.40. The van der Waals surface area contributed by atoms with Gasteiger partial charge in [-0.2, -0.15) is 0 Å². The first kappa shape index (κ1) is 8.38. The Balaban J connectivity index is 3.07. The number of nitrogens with one attached hydrogen (secondary N) is 1. The van der Waals surface area contributed by atoms with Gasteiger partial charge in [-0.1, -0.05) is 11.8 Å². The van der Waals surface area contributed by atoms with Gasteiger partial charge in [0.2, 0.25) is 0 Å². The fraction of sp³-hybridized carbons (Fsp3) is 0.500. The molecule has 0 radical (unpaired) electrons. The van der Waals surface area contributed by atoms with Crippen molar-refractivity contribution in [2.45, 2.75) is 13.3 Å². The number of nitrogens with two attached hydrogens (primary N) is 1. The van der Waals surface area contributed by atoms with Crippen LogP contribution >= 0.6 is 11.8 Å². The van der Waals surface area contributed by atoms with Crippen LogP contribution in [0.2, 0.25) is 0 Å². The molecule has 0 unspecified atom stereocenters. The Morgan fingerprint density at radius 3 is 2.89 bits per heavy atom. The average Bonchev–Trinajstić information content (AvgIpc) is 1.80. The zero-order chi connectivity index (χ0) is 7.11. The highest BCUT2D eigenvalue weighted by Crippen LogP contribution is 1.98. The van der Waals surface area contributed by atoms with Crippen LogP contribution < -0.4 is 5.73 Å². The average molecular weight is 142 g/mol. The van der Waals surface area contributed by atoms with Crippen LogP contribution in [0.5, 0.6) is 0 Å². The van der Waals surface area contributed by atoms with Crippen molar-refractivity contribution >= 4 is 16.9 Å². The Hall–Kier alpha value is -0.620. The van der Waals surface area contributed by atoms with Gasteiger partial charge in [0.15, 0.2) is 5.17 Å². The summed E-state index contributed by atoms with van der Waals surface area (Å²) in [7, 11) is 0. The molecule has 3 N–H and O–H groups in total. The second kappa shape index (κ2) is 5.52. The van der Waals surface area contributed by atoms with E-state index in [4.69, 9.17) is 11.1 Å². The molecule has 50 valence electrons. The second-order valence-electron chi connectivity index (χ2n) is 1.39. The molecule has 0 amide bonds. The fourth-order valence-corrected chi connectivity index (χ4v) is 0.761. The minimum atomic E-state index is 0.174. The maximum absolute atomic E-state index is 6.82. The van der Waals surface area contributed by atoms with Gasteiger partial charge in [-0.05, 0) is 6.92 Å². The molecule has 0 fully saturated rings. The van der Waals surface area contributed by atoms with Gasteiger partial charge in [-0.15, -0.1) is 11.8 Å². The van der Waals surface area contributed by atoms with Crippen molar-refractivity contribution in [1.82, 2.24) is 0 Å². The lowest BCUT2D eigenvalue weighted by Gasteiger charge is -1.90. The van der Waals surface area contributed by atoms with Crippen molar-refractivity contribution in [2.24, 2.45) is 5.73 Å². The van der Waals surface area contributed by atoms with Crippen LogP contribution in [0.3, 0.4) is 0 Å². The Morgan fingerprint density at radius 1 is 1.78 bits per heavy atom. The van der Waals surface area contributed by atoms with Crippen LogP contribution in [0.4, 0.5) is 0 Å². The van der Waals surface area contributed by atoms with Crippen molar-refractivity contribution in [2.75, 3.05) is 5.75 Å². The van der Waals surface area contributed by atoms with E-state index in [2.05, 4.69) is 11.8 Å². The summed E-state index contributed by atoms with van der Waals surface area (Å²) in [6, 6.07) is 0. The number of hydrogen-bond donors (Lipinski definition) is 2. The van der Waals surface area contributed by atoms with Crippen LogP contribution in [0, 0.1) is 17.3 Å². The lowest BCUT2D eigenvalue weighted by molar-refractivity contribution is 1.30. The third-order valence-corrected chi connectivity index (χ3v) is 1.38. The molecule has 9 heavy (non-hydrogen) atoms. The predicted octanol–water partition coefficient (Wildman–Crippen LogP) is 1.03. The smallest absolute Gasteiger partial charge is 0.151 e. The molecule has 3 heteroatoms. The molecule has 0 spiro atoms. The molecule has 0 saturated carbocycles. The van der Waals surface area contributed by atoms with E-state index in [0.29, 0.717) is 0 Å². The molecule has 0 aromatic carbocycles. The molecule has 0 bridgehead atoms. The number of amidine groups is 1. The van der Waals surface area contributed by atoms with Gasteiger partial charge in [-0.25, -0.2) is 0 Å². The van der Waals surface area contributed by atoms with Gasteiger partial charge in [0.05, 0.1) is 0 Å². The molecule has 0 aliphatic heterocycles. The van der Waals surface area contributed by atoms with Crippen molar-refractivity contribution in [3.05, 3.63) is 0 Å². The third-order valence-electron chi connectivity index (χ3n) is 0.661. The number of thioether (sulfide) groups is 1. The van der Waals surface area contributed by atoms with Gasteiger partial charge in [0.1, 0.15) is 0 Å². The van der Waals surface area contributed by atoms with Crippen LogP contribution in [-0.2, 0) is 0 Å². The quantitative estimate of drug-likeness (QED) is 0.262. The monoisotopic (exact) mass is 142 g/mol. The van der Waals surface area contributed by atoms with Crippen molar-refractivity contribution < 1.29 is 0 Å². The summed E-state index contributed by atoms with van der Waals surface area (Å²) < 4.78 is 0. The minimum Gasteiger partial charge on any atom is -0.379 e. The molecule has 0 saturated heterocycles. The highest BCUT2D eigenvalue weighted by Gasteiger charge is 1.86. The van der Waals surface area contributed by atoms with E-state index in [1.807, 2.05) is 0 Å². The SMILES string of the molecule is CC#CCCSC(=N)N. The van der Waals surface area contributed by atoms with Gasteiger partial charge in [0, 0.05) is 12.2 Å². The molecule has 0 atom stereocenters. The Morgan fingerprint density at radius 2 is 2.44 bits per heavy atom. The fourth-order valence-electron chi connectivity index (χ4n) is 0.337. The van der Waals surface area contributed by atoms with Crippen LogP contribution in [0.25, 0.3) is 0 Å². The number of rotatable bonds is 2. The molecule has 0 aliphatic rings. The zero-order valence-corrected chi connectivity index (χ0v) is 6.22. The summed E-state index contributed by atoms with van der Waals surface area (Å²) >= 11 is 1.33. The van der Waals surface area contributed by atoms with Gasteiger partial charge in [0.25, 0.3) is 0 Å². The molecule has 2 nitrogen and oxygen atoms in total. The molecule has 0 aromatic heterocycles. The lowest BCUT2D eigenvalue weighted by Crippen LogP contribution is -2.03. The Bertz CT molecular complexity index is 143. The summed E-state index contributed by atoms with van der Waals surface area (Å²) in [5.41, 5.74) is 5.07. The van der Waals surface area contributed by atoms with Crippen molar-refractivity contribution in [1.29, 1.82) is 5.41 Å². The maximum atomic E-state index is 6.82. The minimum absolute atomic E-state index is 0.174. The first-order valence-corrected chi connectivity index (χ1v) is 3.62. The summed E-state index contributed by atoms with van der Waals surface area (Å²) in [5, 5.41) is 7.00. The first-order chi connectivity index (χ1) is 4.27. The van der Waals surface area contributed by atoms with E-state index in [1.165, 1.54) is 11.8 Å². The standard InChI is InChI=1S/C6H10N2S/c1-2-3-4-5-9-6(7)8/h4-5H2,1H3,(H3,7,8). The van der Waals surface area contributed by atoms with E-state index in [-0.39, 0.29) is 5.17 Å². The van der Waals surface area contributed by atoms with Crippen molar-refractivity contribution in [3.63, 3.8) is 0 Å². The van der Waals surface area contributed by atoms with E-state index in [9.17, 15) is 0 Å². The summed E-state index contributed by atoms with van der Waals surface area (Å²) in [5.74, 6) is 6.48. The summed E-state index contributed by atoms with van der Waals surface area (Å²) in [6.07, 6.45) is 0.820. The van der Waals surface area contributed by atoms with E-state index >= 15 is 0 Å². The predicted molar refractivity (Wildman–Crippen MR) is 42.4 cm³/mol. The van der Waals surface area contributed by atoms with Crippen LogP contribution in [0.1, 0.15) is 13.3 Å². The topological polar surface area (TPSA) is 49.9 Å². The van der Waals surface area contributed by atoms with Crippen LogP contribution in [-0.4, -0.2) is 10.9 Å². The van der Waals surface area contributed by atoms with E-state index in [1.54, 1.807) is 6.92 Å². The second-order valence-corrected chi connectivity index (χ2v) is 2.53. The first-order valence-electron chi connectivity index (χ1n) is 2.64. The highest BCUT2D eigenvalue weighted by molar-refractivity contribution is 8.13. The molecule has 0 rings (SSSR count). The van der Waals surface area contributed by atoms with Crippen molar-refractivity contribution in [3.8, 4) is 11.8 Å². The molecule has 0 heterocycles. The highest BCUT2D eigenvalue weighted by atomic mass is 32.2. The van der Waals surface area contributed by atoms with Gasteiger partial charge >= 0.3 is 0 Å². The normalized spacial score (nSPS) is 7.67. The van der Waals surface area contributed by atoms with Crippen LogP contribution in [0.15, 0.2) is 0 Å². The lowest BCUT2D eigenvalue weighted by atomic mass is 10.5. The molecular weight excluding hydrogens is 132 g/mol. The Labute approximate surface area is 59.7 Å². The maximum Gasteiger partial charge on any atom is 0.151 e. The largest absolute Gasteiger partial charge is 0.379 e. The summed E-state index contributed by atoms with van der Waals surface area (Å²) in [6.45, 7) is 1.80. The number of hydrogen-bond acceptors (Lipinski definition) is 2. The Kier molecular flexibility index (Phi) is 5.14. The van der Waals surface area contributed by atoms with E-state index in [0.717, 1.165) is 12.2 Å². The van der Waals surface area contributed by atoms with Gasteiger partial charge in [-0.3, -0.25) is 5.41 Å². The molecular formula is C6H10N2S. The summed E-state index contributed by atoms with van der Waals surface area (Å²) in [4.78, 5) is 0. The van der Waals surface area contributed by atoms with E-state index < -0.39 is 0 Å². The van der Waals surface area contributed by atoms with Gasteiger partial charge < -0.3 is 5.73 Å². The molecule has 0 aromatic rings. The third kappa shape index (κ3) is 7.38.